The van der Waals surface area contributed by atoms with E-state index in [2.05, 4.69) is 25.5 Å². The average molecular weight is 537 g/mol. The van der Waals surface area contributed by atoms with E-state index in [0.717, 1.165) is 56.8 Å². The maximum atomic E-state index is 15.2. The molecule has 0 radical (unpaired) electrons. The fourth-order valence-corrected chi connectivity index (χ4v) is 5.49. The topological polar surface area (TPSA) is 88.1 Å². The predicted octanol–water partition coefficient (Wildman–Crippen LogP) is 5.12. The second-order valence-corrected chi connectivity index (χ2v) is 10.6. The minimum absolute atomic E-state index is 0.0961. The number of halogens is 2. The van der Waals surface area contributed by atoms with E-state index < -0.39 is 11.6 Å². The molecule has 8 nitrogen and oxygen atoms in total. The first-order valence-electron chi connectivity index (χ1n) is 13.3. The van der Waals surface area contributed by atoms with Gasteiger partial charge in [0.05, 0.1) is 18.4 Å². The third-order valence-corrected chi connectivity index (χ3v) is 7.45. The van der Waals surface area contributed by atoms with E-state index in [4.69, 9.17) is 4.74 Å². The van der Waals surface area contributed by atoms with Gasteiger partial charge in [0.15, 0.2) is 0 Å². The fourth-order valence-electron chi connectivity index (χ4n) is 5.49. The van der Waals surface area contributed by atoms with Gasteiger partial charge in [-0.25, -0.2) is 8.78 Å². The second-order valence-electron chi connectivity index (χ2n) is 10.6. The molecular weight excluding hydrogens is 502 g/mol. The molecule has 2 fully saturated rings. The van der Waals surface area contributed by atoms with Crippen molar-refractivity contribution >= 4 is 29.3 Å². The van der Waals surface area contributed by atoms with E-state index in [1.165, 1.54) is 12.1 Å². The number of benzene rings is 1. The Morgan fingerprint density at radius 3 is 2.59 bits per heavy atom. The minimum atomic E-state index is -0.749. The zero-order chi connectivity index (χ0) is 27.6. The standard InChI is InChI=1S/C29H34F2N6O2/c1-4-5-6-25-22(28(35-34-25)20-14-32-36(3)15-20)11-19(2)27-23(30)12-21(13-24(27)31)33-26(38)16-37-17-29(18-37)7-9-39-10-8-29/h5-6,11-15H,4,7-10,16-18H2,1-3H3,(H,33,38)(H,34,35)/b6-5+,19-11+. The van der Waals surface area contributed by atoms with Crippen LogP contribution in [0.4, 0.5) is 14.5 Å². The largest absolute Gasteiger partial charge is 0.381 e. The van der Waals surface area contributed by atoms with Gasteiger partial charge in [-0.15, -0.1) is 0 Å². The number of nitrogens with one attached hydrogen (secondary N) is 2. The van der Waals surface area contributed by atoms with E-state index in [1.807, 2.05) is 32.3 Å². The number of rotatable bonds is 8. The maximum Gasteiger partial charge on any atom is 0.238 e. The number of hydrogen-bond donors (Lipinski definition) is 2. The lowest BCUT2D eigenvalue weighted by Crippen LogP contribution is -2.59. The second kappa shape index (κ2) is 11.2. The molecule has 0 unspecified atom stereocenters. The molecule has 0 atom stereocenters. The molecule has 206 valence electrons. The Morgan fingerprint density at radius 2 is 1.95 bits per heavy atom. The average Bonchev–Trinajstić information content (AvgIpc) is 3.47. The lowest BCUT2D eigenvalue weighted by atomic mass is 9.73. The SMILES string of the molecule is CC/C=C/c1[nH]nc(-c2cnn(C)c2)c1/C=C(\C)c1c(F)cc(NC(=O)CN2CC3(CCOCC3)C2)cc1F. The molecule has 3 aromatic rings. The van der Waals surface area contributed by atoms with Gasteiger partial charge in [-0.05, 0) is 56.0 Å². The highest BCUT2D eigenvalue weighted by Gasteiger charge is 2.44. The summed E-state index contributed by atoms with van der Waals surface area (Å²) >= 11 is 0. The number of aromatic nitrogens is 4. The van der Waals surface area contributed by atoms with Crippen LogP contribution in [0.1, 0.15) is 49.9 Å². The zero-order valence-corrected chi connectivity index (χ0v) is 22.6. The molecule has 2 aromatic heterocycles. The lowest BCUT2D eigenvalue weighted by Gasteiger charge is -2.52. The lowest BCUT2D eigenvalue weighted by molar-refractivity contribution is -0.124. The van der Waals surface area contributed by atoms with Gasteiger partial charge in [0.2, 0.25) is 5.91 Å². The predicted molar refractivity (Wildman–Crippen MR) is 148 cm³/mol. The fraction of sp³-hybridized carbons (Fsp3) is 0.414. The zero-order valence-electron chi connectivity index (χ0n) is 22.6. The van der Waals surface area contributed by atoms with Crippen molar-refractivity contribution < 1.29 is 18.3 Å². The van der Waals surface area contributed by atoms with Gasteiger partial charge in [-0.2, -0.15) is 10.2 Å². The molecule has 2 N–H and O–H groups in total. The number of nitrogens with zero attached hydrogens (tertiary/aromatic N) is 4. The Morgan fingerprint density at radius 1 is 1.23 bits per heavy atom. The van der Waals surface area contributed by atoms with Crippen LogP contribution >= 0.6 is 0 Å². The van der Waals surface area contributed by atoms with Gasteiger partial charge in [0, 0.05) is 67.3 Å². The molecule has 5 rings (SSSR count). The number of aromatic amines is 1. The van der Waals surface area contributed by atoms with Crippen LogP contribution in [0.25, 0.3) is 29.0 Å². The van der Waals surface area contributed by atoms with Crippen LogP contribution in [-0.4, -0.2) is 63.6 Å². The molecule has 0 bridgehead atoms. The number of H-pyrrole nitrogens is 1. The van der Waals surface area contributed by atoms with Crippen molar-refractivity contribution in [1.29, 1.82) is 0 Å². The summed E-state index contributed by atoms with van der Waals surface area (Å²) in [5.74, 6) is -1.79. The highest BCUT2D eigenvalue weighted by molar-refractivity contribution is 5.93. The number of likely N-dealkylation sites (tertiary alicyclic amines) is 1. The molecule has 1 aromatic carbocycles. The molecule has 1 amide bonds. The van der Waals surface area contributed by atoms with Gasteiger partial charge in [-0.1, -0.05) is 13.0 Å². The highest BCUT2D eigenvalue weighted by atomic mass is 19.1. The molecule has 39 heavy (non-hydrogen) atoms. The van der Waals surface area contributed by atoms with E-state index in [-0.39, 0.29) is 29.1 Å². The highest BCUT2D eigenvalue weighted by Crippen LogP contribution is 2.39. The summed E-state index contributed by atoms with van der Waals surface area (Å²) in [5.41, 5.74) is 3.44. The number of anilines is 1. The van der Waals surface area contributed by atoms with Crippen LogP contribution in [0.3, 0.4) is 0 Å². The molecule has 0 saturated carbocycles. The van der Waals surface area contributed by atoms with Crippen LogP contribution in [-0.2, 0) is 16.6 Å². The Labute approximate surface area is 226 Å². The first-order chi connectivity index (χ1) is 18.8. The quantitative estimate of drug-likeness (QED) is 0.417. The third kappa shape index (κ3) is 5.86. The summed E-state index contributed by atoms with van der Waals surface area (Å²) in [6.07, 6.45) is 12.0. The Balaban J connectivity index is 1.33. The van der Waals surface area contributed by atoms with E-state index in [0.29, 0.717) is 16.8 Å². The van der Waals surface area contributed by atoms with Crippen LogP contribution in [0, 0.1) is 17.0 Å². The number of aryl methyl sites for hydroxylation is 1. The number of allylic oxidation sites excluding steroid dienone is 2. The molecular formula is C29H34F2N6O2. The van der Waals surface area contributed by atoms with Crippen LogP contribution in [0.2, 0.25) is 0 Å². The normalized spacial score (nSPS) is 17.6. The molecule has 10 heteroatoms. The van der Waals surface area contributed by atoms with Gasteiger partial charge >= 0.3 is 0 Å². The van der Waals surface area contributed by atoms with Crippen molar-refractivity contribution in [1.82, 2.24) is 24.9 Å². The van der Waals surface area contributed by atoms with Crippen molar-refractivity contribution in [3.63, 3.8) is 0 Å². The van der Waals surface area contributed by atoms with Crippen molar-refractivity contribution in [3.8, 4) is 11.3 Å². The maximum absolute atomic E-state index is 15.2. The Bertz CT molecular complexity index is 1390. The van der Waals surface area contributed by atoms with E-state index in [9.17, 15) is 4.79 Å². The molecule has 1 spiro atoms. The van der Waals surface area contributed by atoms with E-state index in [1.54, 1.807) is 23.9 Å². The number of hydrogen-bond acceptors (Lipinski definition) is 5. The first-order valence-corrected chi connectivity index (χ1v) is 13.3. The van der Waals surface area contributed by atoms with Gasteiger partial charge in [0.25, 0.3) is 0 Å². The monoisotopic (exact) mass is 536 g/mol. The summed E-state index contributed by atoms with van der Waals surface area (Å²) < 4.78 is 37.6. The molecule has 2 saturated heterocycles. The first kappa shape index (κ1) is 27.0. The van der Waals surface area contributed by atoms with Gasteiger partial charge < -0.3 is 10.1 Å². The molecule has 2 aliphatic heterocycles. The number of carbonyl (C=O) groups is 1. The summed E-state index contributed by atoms with van der Waals surface area (Å²) in [6, 6.07) is 2.33. The van der Waals surface area contributed by atoms with Crippen molar-refractivity contribution in [3.05, 3.63) is 59.1 Å². The number of amides is 1. The van der Waals surface area contributed by atoms with Gasteiger partial charge in [-0.3, -0.25) is 19.5 Å². The van der Waals surface area contributed by atoms with Crippen molar-refractivity contribution in [2.75, 3.05) is 38.2 Å². The summed E-state index contributed by atoms with van der Waals surface area (Å²) in [4.78, 5) is 14.6. The van der Waals surface area contributed by atoms with Crippen LogP contribution < -0.4 is 5.32 Å². The molecule has 2 aliphatic rings. The summed E-state index contributed by atoms with van der Waals surface area (Å²) in [7, 11) is 1.81. The molecule has 4 heterocycles. The Kier molecular flexibility index (Phi) is 7.76. The summed E-state index contributed by atoms with van der Waals surface area (Å²) in [5, 5.41) is 14.3. The smallest absolute Gasteiger partial charge is 0.238 e. The van der Waals surface area contributed by atoms with Crippen molar-refractivity contribution in [2.24, 2.45) is 12.5 Å². The number of carbonyl (C=O) groups excluding carboxylic acids is 1. The Hall–Kier alpha value is -3.63. The van der Waals surface area contributed by atoms with E-state index >= 15 is 8.78 Å². The minimum Gasteiger partial charge on any atom is -0.381 e. The van der Waals surface area contributed by atoms with Crippen LogP contribution in [0.15, 0.2) is 30.6 Å². The van der Waals surface area contributed by atoms with Crippen molar-refractivity contribution in [2.45, 2.75) is 33.1 Å². The molecule has 0 aliphatic carbocycles. The van der Waals surface area contributed by atoms with Gasteiger partial charge in [0.1, 0.15) is 17.3 Å². The number of ether oxygens (including phenoxy) is 1. The third-order valence-electron chi connectivity index (χ3n) is 7.45. The van der Waals surface area contributed by atoms with Crippen LogP contribution in [0.5, 0.6) is 0 Å². The summed E-state index contributed by atoms with van der Waals surface area (Å²) in [6.45, 7) is 7.09.